The van der Waals surface area contributed by atoms with Crippen LogP contribution in [0.4, 0.5) is 4.39 Å². The van der Waals surface area contributed by atoms with Gasteiger partial charge in [0.2, 0.25) is 0 Å². The predicted molar refractivity (Wildman–Crippen MR) is 88.5 cm³/mol. The minimum absolute atomic E-state index is 0.0682. The summed E-state index contributed by atoms with van der Waals surface area (Å²) in [6, 6.07) is 4.81. The largest absolute Gasteiger partial charge is 0.468 e. The van der Waals surface area contributed by atoms with E-state index >= 15 is 0 Å². The molecule has 0 N–H and O–H groups in total. The number of carbonyl (C=O) groups is 1. The Morgan fingerprint density at radius 3 is 2.79 bits per heavy atom. The third kappa shape index (κ3) is 1.89. The van der Waals surface area contributed by atoms with Crippen molar-refractivity contribution in [1.82, 2.24) is 0 Å². The van der Waals surface area contributed by atoms with Gasteiger partial charge in [-0.2, -0.15) is 0 Å². The molecule has 4 heteroatoms. The van der Waals surface area contributed by atoms with E-state index in [1.165, 1.54) is 13.2 Å². The molecule has 5 unspecified atom stereocenters. The Bertz CT molecular complexity index is 766. The first kappa shape index (κ1) is 15.6. The molecule has 1 aromatic carbocycles. The smallest absolute Gasteiger partial charge is 0.316 e. The van der Waals surface area contributed by atoms with Crippen molar-refractivity contribution < 1.29 is 18.7 Å². The maximum Gasteiger partial charge on any atom is 0.316 e. The molecule has 0 radical (unpaired) electrons. The Balaban J connectivity index is 1.83. The summed E-state index contributed by atoms with van der Waals surface area (Å²) in [5.41, 5.74) is 2.33. The van der Waals surface area contributed by atoms with Crippen LogP contribution >= 0.6 is 0 Å². The first-order chi connectivity index (χ1) is 11.5. The number of allylic oxidation sites excluding steroid dienone is 2. The fourth-order valence-electron chi connectivity index (χ4n) is 4.75. The van der Waals surface area contributed by atoms with Gasteiger partial charge in [-0.05, 0) is 41.2 Å². The molecule has 4 rings (SSSR count). The predicted octanol–water partition coefficient (Wildman–Crippen LogP) is 3.91. The summed E-state index contributed by atoms with van der Waals surface area (Å²) >= 11 is 0. The number of halogens is 1. The van der Waals surface area contributed by atoms with E-state index in [4.69, 9.17) is 9.47 Å². The zero-order chi connectivity index (χ0) is 17.1. The van der Waals surface area contributed by atoms with Gasteiger partial charge in [0.05, 0.1) is 18.6 Å². The Morgan fingerprint density at radius 2 is 2.17 bits per heavy atom. The van der Waals surface area contributed by atoms with Crippen molar-refractivity contribution in [2.75, 3.05) is 14.2 Å². The van der Waals surface area contributed by atoms with Crippen LogP contribution in [0.1, 0.15) is 30.6 Å². The van der Waals surface area contributed by atoms with Crippen molar-refractivity contribution in [3.05, 3.63) is 53.4 Å². The monoisotopic (exact) mass is 328 g/mol. The van der Waals surface area contributed by atoms with Crippen LogP contribution in [0.3, 0.4) is 0 Å². The number of hydrogen-bond acceptors (Lipinski definition) is 3. The van der Waals surface area contributed by atoms with Crippen LogP contribution in [-0.2, 0) is 14.3 Å². The highest BCUT2D eigenvalue weighted by Gasteiger charge is 2.69. The van der Waals surface area contributed by atoms with Crippen LogP contribution in [0.2, 0.25) is 0 Å². The van der Waals surface area contributed by atoms with E-state index in [9.17, 15) is 9.18 Å². The van der Waals surface area contributed by atoms with E-state index in [0.29, 0.717) is 0 Å². The van der Waals surface area contributed by atoms with Crippen LogP contribution < -0.4 is 0 Å². The number of methoxy groups -OCH3 is 2. The van der Waals surface area contributed by atoms with Crippen LogP contribution in [0.25, 0.3) is 5.57 Å². The first-order valence-corrected chi connectivity index (χ1v) is 8.35. The van der Waals surface area contributed by atoms with E-state index < -0.39 is 5.41 Å². The summed E-state index contributed by atoms with van der Waals surface area (Å²) in [5, 5.41) is 0. The van der Waals surface area contributed by atoms with Gasteiger partial charge in [-0.15, -0.1) is 0 Å². The van der Waals surface area contributed by atoms with E-state index in [-0.39, 0.29) is 35.6 Å². The van der Waals surface area contributed by atoms with Gasteiger partial charge in [0, 0.05) is 18.9 Å². The lowest BCUT2D eigenvalue weighted by Crippen LogP contribution is -2.21. The van der Waals surface area contributed by atoms with E-state index in [1.807, 2.05) is 0 Å². The zero-order valence-corrected chi connectivity index (χ0v) is 14.1. The van der Waals surface area contributed by atoms with Crippen LogP contribution in [-0.4, -0.2) is 20.2 Å². The molecule has 0 heterocycles. The minimum atomic E-state index is -0.568. The Morgan fingerprint density at radius 1 is 1.38 bits per heavy atom. The second-order valence-electron chi connectivity index (χ2n) is 7.00. The maximum atomic E-state index is 13.7. The lowest BCUT2D eigenvalue weighted by atomic mass is 9.90. The van der Waals surface area contributed by atoms with Crippen molar-refractivity contribution in [3.63, 3.8) is 0 Å². The summed E-state index contributed by atoms with van der Waals surface area (Å²) < 4.78 is 24.4. The number of benzene rings is 1. The lowest BCUT2D eigenvalue weighted by molar-refractivity contribution is -0.146. The number of rotatable bonds is 3. The molecule has 24 heavy (non-hydrogen) atoms. The molecule has 0 aliphatic heterocycles. The fraction of sp³-hybridized carbons (Fsp3) is 0.450. The molecule has 1 saturated carbocycles. The van der Waals surface area contributed by atoms with Gasteiger partial charge in [0.25, 0.3) is 0 Å². The third-order valence-electron chi connectivity index (χ3n) is 5.99. The van der Waals surface area contributed by atoms with Crippen LogP contribution in [0.5, 0.6) is 0 Å². The highest BCUT2D eigenvalue weighted by Crippen LogP contribution is 2.67. The quantitative estimate of drug-likeness (QED) is 0.623. The molecule has 0 aromatic heterocycles. The Kier molecular flexibility index (Phi) is 3.43. The Labute approximate surface area is 141 Å². The molecule has 0 amide bonds. The molecule has 3 nitrogen and oxygen atoms in total. The lowest BCUT2D eigenvalue weighted by Gasteiger charge is -2.18. The molecule has 5 atom stereocenters. The molecule has 126 valence electrons. The van der Waals surface area contributed by atoms with Gasteiger partial charge in [0.1, 0.15) is 5.82 Å². The standard InChI is InChI=1S/C20H21FO3/c1-11-15(13-8-7-12(21)9-14(13)18(11)23-2)10-20(19(22)24-3)16-5-4-6-17(16)20/h4-5,7-11,16-18H,6H2,1-3H3. The van der Waals surface area contributed by atoms with E-state index in [1.54, 1.807) is 19.2 Å². The number of ether oxygens (including phenoxy) is 2. The number of hydrogen-bond donors (Lipinski definition) is 0. The minimum Gasteiger partial charge on any atom is -0.468 e. The average Bonchev–Trinajstić information content (AvgIpc) is 2.89. The molecule has 0 spiro atoms. The van der Waals surface area contributed by atoms with Crippen molar-refractivity contribution in [2.24, 2.45) is 23.2 Å². The van der Waals surface area contributed by atoms with Gasteiger partial charge in [0.15, 0.2) is 0 Å². The summed E-state index contributed by atoms with van der Waals surface area (Å²) in [5.74, 6) is 0.133. The summed E-state index contributed by atoms with van der Waals surface area (Å²) in [6.07, 6.45) is 7.05. The van der Waals surface area contributed by atoms with Crippen molar-refractivity contribution in [3.8, 4) is 0 Å². The average molecular weight is 328 g/mol. The summed E-state index contributed by atoms with van der Waals surface area (Å²) in [4.78, 5) is 12.5. The van der Waals surface area contributed by atoms with Gasteiger partial charge in [-0.1, -0.05) is 31.2 Å². The van der Waals surface area contributed by atoms with Crippen molar-refractivity contribution >= 4 is 11.5 Å². The first-order valence-electron chi connectivity index (χ1n) is 8.35. The van der Waals surface area contributed by atoms with Gasteiger partial charge >= 0.3 is 5.97 Å². The van der Waals surface area contributed by atoms with Gasteiger partial charge < -0.3 is 9.47 Å². The highest BCUT2D eigenvalue weighted by molar-refractivity contribution is 5.89. The summed E-state index contributed by atoms with van der Waals surface area (Å²) in [7, 11) is 3.09. The van der Waals surface area contributed by atoms with Crippen molar-refractivity contribution in [2.45, 2.75) is 19.4 Å². The molecule has 0 saturated heterocycles. The molecule has 0 bridgehead atoms. The SMILES string of the molecule is COC(=O)C1(C=C2c3ccc(F)cc3C(OC)C2C)C2C=CCC21. The molecule has 1 aromatic rings. The second kappa shape index (κ2) is 5.28. The second-order valence-corrected chi connectivity index (χ2v) is 7.00. The number of fused-ring (bicyclic) bond motifs is 2. The van der Waals surface area contributed by atoms with Gasteiger partial charge in [-0.25, -0.2) is 4.39 Å². The van der Waals surface area contributed by atoms with Crippen LogP contribution in [0.15, 0.2) is 36.4 Å². The molecule has 1 fully saturated rings. The normalized spacial score (nSPS) is 37.4. The number of esters is 1. The van der Waals surface area contributed by atoms with Crippen LogP contribution in [0, 0.1) is 29.0 Å². The van der Waals surface area contributed by atoms with E-state index in [0.717, 1.165) is 23.1 Å². The third-order valence-corrected chi connectivity index (χ3v) is 5.99. The highest BCUT2D eigenvalue weighted by atomic mass is 19.1. The summed E-state index contributed by atoms with van der Waals surface area (Å²) in [6.45, 7) is 2.07. The molecular formula is C20H21FO3. The van der Waals surface area contributed by atoms with Gasteiger partial charge in [-0.3, -0.25) is 4.79 Å². The molecular weight excluding hydrogens is 307 g/mol. The van der Waals surface area contributed by atoms with Crippen molar-refractivity contribution in [1.29, 1.82) is 0 Å². The number of carbonyl (C=O) groups excluding carboxylic acids is 1. The maximum absolute atomic E-state index is 13.7. The molecule has 3 aliphatic carbocycles. The topological polar surface area (TPSA) is 35.5 Å². The zero-order valence-electron chi connectivity index (χ0n) is 14.1. The van der Waals surface area contributed by atoms with E-state index in [2.05, 4.69) is 25.2 Å². The fourth-order valence-corrected chi connectivity index (χ4v) is 4.75. The molecule has 3 aliphatic rings. The Hall–Kier alpha value is -1.94.